The van der Waals surface area contributed by atoms with E-state index in [4.69, 9.17) is 21.9 Å². The topological polar surface area (TPSA) is 99.8 Å². The highest BCUT2D eigenvalue weighted by atomic mass is 32.3. The van der Waals surface area contributed by atoms with Gasteiger partial charge in [0.05, 0.1) is 12.8 Å². The smallest absolute Gasteiger partial charge is 0.394 e. The average Bonchev–Trinajstić information content (AvgIpc) is 2.36. The van der Waals surface area contributed by atoms with Gasteiger partial charge in [0, 0.05) is 0 Å². The molecule has 13 heavy (non-hydrogen) atoms. The van der Waals surface area contributed by atoms with E-state index in [-0.39, 0.29) is 0 Å². The van der Waals surface area contributed by atoms with E-state index in [9.17, 15) is 0 Å². The molecule has 1 aromatic rings. The zero-order valence-corrected chi connectivity index (χ0v) is 7.78. The van der Waals surface area contributed by atoms with Crippen LogP contribution in [0.25, 0.3) is 0 Å². The van der Waals surface area contributed by atoms with Crippen molar-refractivity contribution in [1.29, 1.82) is 0 Å². The first-order valence-electron chi connectivity index (χ1n) is 3.30. The number of hydrogen-bond donors (Lipinski definition) is 3. The maximum absolute atomic E-state index is 8.74. The molecule has 0 amide bonds. The quantitative estimate of drug-likeness (QED) is 0.607. The first kappa shape index (κ1) is 12.1. The number of hydrogen-bond acceptors (Lipinski definition) is 4. The van der Waals surface area contributed by atoms with Crippen molar-refractivity contribution >= 4 is 10.4 Å². The average molecular weight is 209 g/mol. The first-order chi connectivity index (χ1) is 5.93. The van der Waals surface area contributed by atoms with Crippen LogP contribution in [0.4, 0.5) is 0 Å². The highest BCUT2D eigenvalue weighted by Crippen LogP contribution is 1.96. The molecule has 0 aromatic carbocycles. The van der Waals surface area contributed by atoms with Gasteiger partial charge in [-0.25, -0.2) is 0 Å². The molecule has 0 spiro atoms. The minimum absolute atomic E-state index is 0.812. The molecular formula is C6H11NO5S. The molecule has 1 heterocycles. The molecule has 0 saturated heterocycles. The van der Waals surface area contributed by atoms with Crippen molar-refractivity contribution in [2.45, 2.75) is 6.54 Å². The molecule has 0 unspecified atom stereocenters. The van der Waals surface area contributed by atoms with Gasteiger partial charge in [0.15, 0.2) is 0 Å². The molecule has 6 nitrogen and oxygen atoms in total. The normalized spacial score (nSPS) is 10.4. The van der Waals surface area contributed by atoms with Crippen LogP contribution in [0.15, 0.2) is 22.8 Å². The van der Waals surface area contributed by atoms with Crippen molar-refractivity contribution in [3.05, 3.63) is 24.2 Å². The van der Waals surface area contributed by atoms with Crippen molar-refractivity contribution in [2.24, 2.45) is 0 Å². The largest absolute Gasteiger partial charge is 0.468 e. The van der Waals surface area contributed by atoms with Crippen molar-refractivity contribution < 1.29 is 21.9 Å². The molecule has 1 aromatic heterocycles. The van der Waals surface area contributed by atoms with E-state index in [0.29, 0.717) is 0 Å². The lowest BCUT2D eigenvalue weighted by Crippen LogP contribution is -2.03. The Labute approximate surface area is 76.1 Å². The summed E-state index contributed by atoms with van der Waals surface area (Å²) in [6, 6.07) is 3.82. The monoisotopic (exact) mass is 209 g/mol. The van der Waals surface area contributed by atoms with E-state index >= 15 is 0 Å². The van der Waals surface area contributed by atoms with Crippen LogP contribution in [0.2, 0.25) is 0 Å². The fourth-order valence-corrected chi connectivity index (χ4v) is 0.587. The lowest BCUT2D eigenvalue weighted by Gasteiger charge is -1.89. The number of rotatable bonds is 2. The highest BCUT2D eigenvalue weighted by molar-refractivity contribution is 7.79. The Hall–Kier alpha value is -0.890. The van der Waals surface area contributed by atoms with Crippen molar-refractivity contribution in [2.75, 3.05) is 7.05 Å². The summed E-state index contributed by atoms with van der Waals surface area (Å²) in [4.78, 5) is 0. The second-order valence-electron chi connectivity index (χ2n) is 2.06. The lowest BCUT2D eigenvalue weighted by molar-refractivity contribution is 0.381. The van der Waals surface area contributed by atoms with Gasteiger partial charge in [-0.2, -0.15) is 8.42 Å². The van der Waals surface area contributed by atoms with Gasteiger partial charge in [0.2, 0.25) is 0 Å². The summed E-state index contributed by atoms with van der Waals surface area (Å²) in [5, 5.41) is 2.98. The van der Waals surface area contributed by atoms with Crippen LogP contribution in [0.1, 0.15) is 5.76 Å². The van der Waals surface area contributed by atoms with Gasteiger partial charge in [-0.3, -0.25) is 9.11 Å². The molecule has 0 saturated carbocycles. The summed E-state index contributed by atoms with van der Waals surface area (Å²) in [5.41, 5.74) is 0. The van der Waals surface area contributed by atoms with Crippen LogP contribution >= 0.6 is 0 Å². The zero-order valence-electron chi connectivity index (χ0n) is 6.97. The van der Waals surface area contributed by atoms with Crippen LogP contribution in [-0.4, -0.2) is 24.6 Å². The maximum Gasteiger partial charge on any atom is 0.394 e. The van der Waals surface area contributed by atoms with Gasteiger partial charge < -0.3 is 9.73 Å². The Morgan fingerprint density at radius 1 is 1.54 bits per heavy atom. The molecule has 0 aliphatic carbocycles. The molecule has 7 heteroatoms. The molecule has 0 radical (unpaired) electrons. The highest BCUT2D eigenvalue weighted by Gasteiger charge is 1.88. The van der Waals surface area contributed by atoms with Crippen LogP contribution in [-0.2, 0) is 16.9 Å². The van der Waals surface area contributed by atoms with E-state index < -0.39 is 10.4 Å². The van der Waals surface area contributed by atoms with Gasteiger partial charge in [0.1, 0.15) is 5.76 Å². The van der Waals surface area contributed by atoms with Crippen LogP contribution in [0.5, 0.6) is 0 Å². The van der Waals surface area contributed by atoms with E-state index in [2.05, 4.69) is 5.32 Å². The van der Waals surface area contributed by atoms with Crippen molar-refractivity contribution in [3.63, 3.8) is 0 Å². The second kappa shape index (κ2) is 5.70. The van der Waals surface area contributed by atoms with Crippen molar-refractivity contribution in [3.8, 4) is 0 Å². The molecule has 76 valence electrons. The Balaban J connectivity index is 0.000000252. The Kier molecular flexibility index (Phi) is 5.31. The van der Waals surface area contributed by atoms with E-state index in [0.717, 1.165) is 12.3 Å². The minimum atomic E-state index is -4.67. The van der Waals surface area contributed by atoms with Crippen molar-refractivity contribution in [1.82, 2.24) is 5.32 Å². The van der Waals surface area contributed by atoms with Crippen LogP contribution < -0.4 is 5.32 Å². The van der Waals surface area contributed by atoms with Crippen LogP contribution in [0.3, 0.4) is 0 Å². The number of nitrogens with one attached hydrogen (secondary N) is 1. The fourth-order valence-electron chi connectivity index (χ4n) is 0.587. The SMILES string of the molecule is CNCc1ccco1.O=S(=O)(O)O. The predicted octanol–water partition coefficient (Wildman–Crippen LogP) is 0.346. The standard InChI is InChI=1S/C6H9NO.H2O4S/c1-7-5-6-3-2-4-8-6;1-5(2,3)4/h2-4,7H,5H2,1H3;(H2,1,2,3,4). The molecule has 0 atom stereocenters. The Morgan fingerprint density at radius 2 is 2.08 bits per heavy atom. The third kappa shape index (κ3) is 11.1. The third-order valence-corrected chi connectivity index (χ3v) is 0.931. The zero-order chi connectivity index (χ0) is 10.3. The summed E-state index contributed by atoms with van der Waals surface area (Å²) < 4.78 is 36.6. The Bertz CT molecular complexity index is 296. The molecule has 0 aliphatic heterocycles. The molecule has 0 bridgehead atoms. The summed E-state index contributed by atoms with van der Waals surface area (Å²) in [6.45, 7) is 0.812. The van der Waals surface area contributed by atoms with Gasteiger partial charge in [0.25, 0.3) is 0 Å². The van der Waals surface area contributed by atoms with Gasteiger partial charge in [-0.05, 0) is 19.2 Å². The fraction of sp³-hybridized carbons (Fsp3) is 0.333. The molecule has 0 fully saturated rings. The van der Waals surface area contributed by atoms with E-state index in [1.165, 1.54) is 0 Å². The predicted molar refractivity (Wildman–Crippen MR) is 45.6 cm³/mol. The summed E-state index contributed by atoms with van der Waals surface area (Å²) in [5.74, 6) is 0.979. The lowest BCUT2D eigenvalue weighted by atomic mass is 10.4. The molecule has 3 N–H and O–H groups in total. The summed E-state index contributed by atoms with van der Waals surface area (Å²) in [6.07, 6.45) is 1.67. The molecule has 1 rings (SSSR count). The summed E-state index contributed by atoms with van der Waals surface area (Å²) in [7, 11) is -2.78. The van der Waals surface area contributed by atoms with Gasteiger partial charge in [-0.1, -0.05) is 0 Å². The van der Waals surface area contributed by atoms with E-state index in [1.54, 1.807) is 6.26 Å². The van der Waals surface area contributed by atoms with Gasteiger partial charge >= 0.3 is 10.4 Å². The minimum Gasteiger partial charge on any atom is -0.468 e. The Morgan fingerprint density at radius 3 is 2.38 bits per heavy atom. The van der Waals surface area contributed by atoms with Crippen LogP contribution in [0, 0.1) is 0 Å². The summed E-state index contributed by atoms with van der Waals surface area (Å²) >= 11 is 0. The molecular weight excluding hydrogens is 198 g/mol. The number of furan rings is 1. The van der Waals surface area contributed by atoms with Gasteiger partial charge in [-0.15, -0.1) is 0 Å². The first-order valence-corrected chi connectivity index (χ1v) is 4.70. The van der Waals surface area contributed by atoms with E-state index in [1.807, 2.05) is 19.2 Å². The third-order valence-electron chi connectivity index (χ3n) is 0.931. The second-order valence-corrected chi connectivity index (χ2v) is 2.95. The molecule has 0 aliphatic rings. The maximum atomic E-state index is 8.74.